The Morgan fingerprint density at radius 3 is 2.54 bits per heavy atom. The lowest BCUT2D eigenvalue weighted by atomic mass is 10.1. The van der Waals surface area contributed by atoms with Crippen molar-refractivity contribution in [2.24, 2.45) is 0 Å². The number of rotatable bonds is 6. The van der Waals surface area contributed by atoms with Gasteiger partial charge >= 0.3 is 0 Å². The number of nitrogens with one attached hydrogen (secondary N) is 2. The van der Waals surface area contributed by atoms with Crippen molar-refractivity contribution in [3.05, 3.63) is 67.2 Å². The molecule has 138 valence electrons. The number of anilines is 1. The Morgan fingerprint density at radius 2 is 1.92 bits per heavy atom. The molecule has 0 aliphatic heterocycles. The molecule has 1 atom stereocenters. The Labute approximate surface area is 161 Å². The topological polar surface area (TPSA) is 84.3 Å². The summed E-state index contributed by atoms with van der Waals surface area (Å²) < 4.78 is 0. The number of aryl methyl sites for hydroxylation is 1. The van der Waals surface area contributed by atoms with Crippen molar-refractivity contribution < 1.29 is 9.72 Å². The lowest BCUT2D eigenvalue weighted by molar-refractivity contribution is -0.384. The smallest absolute Gasteiger partial charge is 0.293 e. The minimum absolute atomic E-state index is 0.0232. The maximum absolute atomic E-state index is 12.3. The molecule has 0 aromatic heterocycles. The van der Waals surface area contributed by atoms with Gasteiger partial charge in [-0.1, -0.05) is 35.3 Å². The summed E-state index contributed by atoms with van der Waals surface area (Å²) in [5, 5.41) is 17.9. The second kappa shape index (κ2) is 8.49. The normalized spacial score (nSPS) is 11.9. The van der Waals surface area contributed by atoms with Crippen LogP contribution >= 0.6 is 23.2 Å². The number of amides is 1. The second-order valence-corrected chi connectivity index (χ2v) is 6.82. The molecule has 0 unspecified atom stereocenters. The van der Waals surface area contributed by atoms with Gasteiger partial charge in [0.25, 0.3) is 5.69 Å². The molecular weight excluding hydrogens is 377 g/mol. The number of benzene rings is 2. The van der Waals surface area contributed by atoms with Crippen LogP contribution in [0.2, 0.25) is 10.0 Å². The van der Waals surface area contributed by atoms with Crippen LogP contribution in [0.5, 0.6) is 0 Å². The van der Waals surface area contributed by atoms with Crippen LogP contribution in [-0.4, -0.2) is 17.4 Å². The van der Waals surface area contributed by atoms with E-state index in [9.17, 15) is 14.9 Å². The van der Waals surface area contributed by atoms with E-state index in [1.54, 1.807) is 31.2 Å². The number of nitro groups is 1. The highest BCUT2D eigenvalue weighted by atomic mass is 35.5. The first-order chi connectivity index (χ1) is 12.2. The van der Waals surface area contributed by atoms with E-state index in [0.717, 1.165) is 11.1 Å². The zero-order chi connectivity index (χ0) is 19.4. The van der Waals surface area contributed by atoms with Crippen molar-refractivity contribution in [2.75, 3.05) is 11.9 Å². The predicted octanol–water partition coefficient (Wildman–Crippen LogP) is 4.81. The van der Waals surface area contributed by atoms with Gasteiger partial charge in [-0.05, 0) is 49.6 Å². The molecule has 1 amide bonds. The maximum Gasteiger partial charge on any atom is 0.293 e. The van der Waals surface area contributed by atoms with E-state index >= 15 is 0 Å². The summed E-state index contributed by atoms with van der Waals surface area (Å²) in [5.74, 6) is -0.376. The lowest BCUT2D eigenvalue weighted by Gasteiger charge is -2.16. The number of hydrogen-bond acceptors (Lipinski definition) is 4. The Balaban J connectivity index is 2.08. The fourth-order valence-electron chi connectivity index (χ4n) is 2.50. The highest BCUT2D eigenvalue weighted by Crippen LogP contribution is 2.30. The SMILES string of the molecule is Cc1ccc([N+](=O)[O-])c(NC(=O)CN[C@H](C)c2ccc(Cl)cc2Cl)c1C. The third kappa shape index (κ3) is 4.72. The molecule has 0 saturated carbocycles. The summed E-state index contributed by atoms with van der Waals surface area (Å²) >= 11 is 12.0. The van der Waals surface area contributed by atoms with E-state index in [-0.39, 0.29) is 29.9 Å². The molecule has 0 bridgehead atoms. The molecule has 26 heavy (non-hydrogen) atoms. The summed E-state index contributed by atoms with van der Waals surface area (Å²) in [6.45, 7) is 5.41. The summed E-state index contributed by atoms with van der Waals surface area (Å²) in [6.07, 6.45) is 0. The fraction of sp³-hybridized carbons (Fsp3) is 0.278. The number of nitro benzene ring substituents is 1. The summed E-state index contributed by atoms with van der Waals surface area (Å²) in [7, 11) is 0. The monoisotopic (exact) mass is 395 g/mol. The third-order valence-electron chi connectivity index (χ3n) is 4.17. The second-order valence-electron chi connectivity index (χ2n) is 5.98. The summed E-state index contributed by atoms with van der Waals surface area (Å²) in [5.41, 5.74) is 2.43. The molecule has 2 aromatic carbocycles. The number of halogens is 2. The number of hydrogen-bond donors (Lipinski definition) is 2. The molecule has 6 nitrogen and oxygen atoms in total. The van der Waals surface area contributed by atoms with Crippen LogP contribution in [0.4, 0.5) is 11.4 Å². The van der Waals surface area contributed by atoms with Crippen molar-refractivity contribution in [1.82, 2.24) is 5.32 Å². The Kier molecular flexibility index (Phi) is 6.58. The molecule has 0 heterocycles. The van der Waals surface area contributed by atoms with E-state index in [4.69, 9.17) is 23.2 Å². The minimum Gasteiger partial charge on any atom is -0.319 e. The Hall–Kier alpha value is -2.15. The van der Waals surface area contributed by atoms with Gasteiger partial charge < -0.3 is 10.6 Å². The van der Waals surface area contributed by atoms with Gasteiger partial charge in [0.1, 0.15) is 5.69 Å². The molecule has 2 rings (SSSR count). The molecule has 2 aromatic rings. The van der Waals surface area contributed by atoms with Crippen LogP contribution in [0.15, 0.2) is 30.3 Å². The van der Waals surface area contributed by atoms with Gasteiger partial charge in [-0.3, -0.25) is 14.9 Å². The van der Waals surface area contributed by atoms with Crippen LogP contribution in [0.1, 0.15) is 29.7 Å². The molecule has 0 radical (unpaired) electrons. The molecule has 2 N–H and O–H groups in total. The molecule has 0 aliphatic rings. The van der Waals surface area contributed by atoms with Gasteiger partial charge in [0.15, 0.2) is 0 Å². The van der Waals surface area contributed by atoms with E-state index < -0.39 is 4.92 Å². The van der Waals surface area contributed by atoms with E-state index in [2.05, 4.69) is 10.6 Å². The minimum atomic E-state index is -0.508. The maximum atomic E-state index is 12.3. The zero-order valence-corrected chi connectivity index (χ0v) is 16.1. The standard InChI is InChI=1S/C18H19Cl2N3O3/c1-10-4-7-16(23(25)26)18(11(10)2)22-17(24)9-21-12(3)14-6-5-13(19)8-15(14)20/h4-8,12,21H,9H2,1-3H3,(H,22,24)/t12-/m1/s1. The lowest BCUT2D eigenvalue weighted by Crippen LogP contribution is -2.30. The molecule has 8 heteroatoms. The van der Waals surface area contributed by atoms with Gasteiger partial charge in [-0.2, -0.15) is 0 Å². The van der Waals surface area contributed by atoms with Crippen LogP contribution in [0.25, 0.3) is 0 Å². The molecule has 0 aliphatic carbocycles. The van der Waals surface area contributed by atoms with Gasteiger partial charge in [-0.25, -0.2) is 0 Å². The van der Waals surface area contributed by atoms with Gasteiger partial charge in [-0.15, -0.1) is 0 Å². The van der Waals surface area contributed by atoms with E-state index in [1.165, 1.54) is 6.07 Å². The molecule has 0 spiro atoms. The van der Waals surface area contributed by atoms with Gasteiger partial charge in [0, 0.05) is 22.2 Å². The van der Waals surface area contributed by atoms with E-state index in [0.29, 0.717) is 15.6 Å². The first-order valence-electron chi connectivity index (χ1n) is 7.93. The van der Waals surface area contributed by atoms with Crippen LogP contribution in [-0.2, 0) is 4.79 Å². The zero-order valence-electron chi connectivity index (χ0n) is 14.6. The summed E-state index contributed by atoms with van der Waals surface area (Å²) in [4.78, 5) is 23.0. The number of nitrogens with zero attached hydrogens (tertiary/aromatic N) is 1. The summed E-state index contributed by atoms with van der Waals surface area (Å²) in [6, 6.07) is 8.00. The average Bonchev–Trinajstić information content (AvgIpc) is 2.56. The van der Waals surface area contributed by atoms with Gasteiger partial charge in [0.2, 0.25) is 5.91 Å². The van der Waals surface area contributed by atoms with Crippen LogP contribution in [0, 0.1) is 24.0 Å². The van der Waals surface area contributed by atoms with Crippen molar-refractivity contribution in [3.63, 3.8) is 0 Å². The number of carbonyl (C=O) groups excluding carboxylic acids is 1. The quantitative estimate of drug-likeness (QED) is 0.542. The first-order valence-corrected chi connectivity index (χ1v) is 8.69. The van der Waals surface area contributed by atoms with E-state index in [1.807, 2.05) is 13.8 Å². The largest absolute Gasteiger partial charge is 0.319 e. The third-order valence-corrected chi connectivity index (χ3v) is 4.74. The molecule has 0 saturated heterocycles. The van der Waals surface area contributed by atoms with Crippen molar-refractivity contribution in [1.29, 1.82) is 0 Å². The molecule has 0 fully saturated rings. The fourth-order valence-corrected chi connectivity index (χ4v) is 3.08. The first kappa shape index (κ1) is 20.2. The predicted molar refractivity (Wildman–Crippen MR) is 104 cm³/mol. The van der Waals surface area contributed by atoms with Crippen LogP contribution < -0.4 is 10.6 Å². The average molecular weight is 396 g/mol. The Morgan fingerprint density at radius 1 is 1.23 bits per heavy atom. The number of carbonyl (C=O) groups is 1. The van der Waals surface area contributed by atoms with Crippen molar-refractivity contribution >= 4 is 40.5 Å². The molecular formula is C18H19Cl2N3O3. The Bertz CT molecular complexity index is 856. The van der Waals surface area contributed by atoms with Gasteiger partial charge in [0.05, 0.1) is 11.5 Å². The van der Waals surface area contributed by atoms with Crippen LogP contribution in [0.3, 0.4) is 0 Å². The van der Waals surface area contributed by atoms with Crippen molar-refractivity contribution in [2.45, 2.75) is 26.8 Å². The highest BCUT2D eigenvalue weighted by Gasteiger charge is 2.20. The van der Waals surface area contributed by atoms with Crippen molar-refractivity contribution in [3.8, 4) is 0 Å². The highest BCUT2D eigenvalue weighted by molar-refractivity contribution is 6.35.